The van der Waals surface area contributed by atoms with Gasteiger partial charge >= 0.3 is 5.97 Å². The highest BCUT2D eigenvalue weighted by Crippen LogP contribution is 2.08. The van der Waals surface area contributed by atoms with E-state index < -0.39 is 28.8 Å². The molecule has 64 valence electrons. The molecule has 6 heteroatoms. The van der Waals surface area contributed by atoms with E-state index in [4.69, 9.17) is 9.84 Å². The summed E-state index contributed by atoms with van der Waals surface area (Å²) >= 11 is -1.39. The molecule has 5 nitrogen and oxygen atoms in total. The maximum Gasteiger partial charge on any atom is 0.327 e. The lowest BCUT2D eigenvalue weighted by Gasteiger charge is -2.26. The summed E-state index contributed by atoms with van der Waals surface area (Å²) in [7, 11) is 0. The molecule has 1 aliphatic rings. The number of ether oxygens (including phenoxy) is 1. The number of nitrogens with one attached hydrogen (secondary N) is 1. The van der Waals surface area contributed by atoms with Crippen LogP contribution in [0.1, 0.15) is 6.92 Å². The van der Waals surface area contributed by atoms with Gasteiger partial charge in [-0.25, -0.2) is 0 Å². The van der Waals surface area contributed by atoms with Gasteiger partial charge in [0.25, 0.3) is 0 Å². The predicted molar refractivity (Wildman–Crippen MR) is 38.1 cm³/mol. The molecule has 0 bridgehead atoms. The fraction of sp³-hybridized carbons (Fsp3) is 0.800. The lowest BCUT2D eigenvalue weighted by Crippen LogP contribution is -2.52. The van der Waals surface area contributed by atoms with Crippen LogP contribution < -0.4 is 4.72 Å². The van der Waals surface area contributed by atoms with Crippen LogP contribution in [0.2, 0.25) is 0 Å². The van der Waals surface area contributed by atoms with Crippen LogP contribution in [0.4, 0.5) is 0 Å². The van der Waals surface area contributed by atoms with Gasteiger partial charge in [0.05, 0.1) is 18.0 Å². The molecule has 1 rings (SSSR count). The standard InChI is InChI=1S/C5H9NO4S/c1-3-10-2-4(5(7)8)6-11(3)9/h3-4,6H,2H2,1H3,(H,7,8). The number of rotatable bonds is 1. The first kappa shape index (κ1) is 8.79. The van der Waals surface area contributed by atoms with E-state index in [2.05, 4.69) is 4.72 Å². The van der Waals surface area contributed by atoms with Crippen molar-refractivity contribution in [1.82, 2.24) is 4.72 Å². The van der Waals surface area contributed by atoms with Crippen molar-refractivity contribution in [3.05, 3.63) is 0 Å². The fourth-order valence-corrected chi connectivity index (χ4v) is 1.53. The Balaban J connectivity index is 2.46. The van der Waals surface area contributed by atoms with E-state index in [1.807, 2.05) is 0 Å². The molecule has 2 N–H and O–H groups in total. The number of carboxylic acid groups (broad SMARTS) is 1. The monoisotopic (exact) mass is 179 g/mol. The van der Waals surface area contributed by atoms with Gasteiger partial charge in [-0.15, -0.1) is 4.72 Å². The minimum Gasteiger partial charge on any atom is -0.596 e. The molecular formula is C5H9NO4S. The normalized spacial score (nSPS) is 38.5. The van der Waals surface area contributed by atoms with Gasteiger partial charge in [-0.1, -0.05) is 0 Å². The van der Waals surface area contributed by atoms with Crippen LogP contribution in [0.15, 0.2) is 0 Å². The van der Waals surface area contributed by atoms with Crippen LogP contribution in [0.25, 0.3) is 0 Å². The lowest BCUT2D eigenvalue weighted by atomic mass is 10.3. The number of hydrogen-bond donors (Lipinski definition) is 2. The molecule has 0 amide bonds. The van der Waals surface area contributed by atoms with Gasteiger partial charge in [-0.05, 0) is 0 Å². The van der Waals surface area contributed by atoms with Crippen LogP contribution in [0, 0.1) is 0 Å². The molecule has 1 saturated heterocycles. The third-order valence-electron chi connectivity index (χ3n) is 1.36. The quantitative estimate of drug-likeness (QED) is 0.508. The molecule has 0 aromatic rings. The molecule has 3 atom stereocenters. The molecule has 0 aromatic heterocycles. The summed E-state index contributed by atoms with van der Waals surface area (Å²) < 4.78 is 18.3. The third-order valence-corrected chi connectivity index (χ3v) is 2.61. The minimum absolute atomic E-state index is 0.0717. The molecule has 0 aliphatic carbocycles. The summed E-state index contributed by atoms with van der Waals surface area (Å²) in [6, 6.07) is -0.841. The predicted octanol–water partition coefficient (Wildman–Crippen LogP) is -0.931. The van der Waals surface area contributed by atoms with Gasteiger partial charge in [0.2, 0.25) is 5.44 Å². The topological polar surface area (TPSA) is 81.6 Å². The summed E-state index contributed by atoms with van der Waals surface area (Å²) in [5.74, 6) is -1.04. The Morgan fingerprint density at radius 1 is 1.91 bits per heavy atom. The molecule has 0 aromatic carbocycles. The number of carboxylic acids is 1. The highest BCUT2D eigenvalue weighted by atomic mass is 32.2. The summed E-state index contributed by atoms with van der Waals surface area (Å²) in [6.45, 7) is 1.70. The van der Waals surface area contributed by atoms with Crippen molar-refractivity contribution in [3.8, 4) is 0 Å². The Hall–Kier alpha value is -0.300. The van der Waals surface area contributed by atoms with Crippen molar-refractivity contribution in [2.75, 3.05) is 6.61 Å². The Morgan fingerprint density at radius 2 is 2.55 bits per heavy atom. The highest BCUT2D eigenvalue weighted by Gasteiger charge is 2.33. The molecule has 0 radical (unpaired) electrons. The van der Waals surface area contributed by atoms with Gasteiger partial charge in [-0.2, -0.15) is 0 Å². The van der Waals surface area contributed by atoms with Gasteiger partial charge < -0.3 is 14.4 Å². The van der Waals surface area contributed by atoms with Gasteiger partial charge in [0.1, 0.15) is 0 Å². The molecule has 1 fully saturated rings. The van der Waals surface area contributed by atoms with E-state index in [1.165, 1.54) is 0 Å². The molecule has 1 heterocycles. The molecule has 11 heavy (non-hydrogen) atoms. The number of aliphatic carboxylic acids is 1. The average molecular weight is 179 g/mol. The van der Waals surface area contributed by atoms with Gasteiger partial charge in [-0.3, -0.25) is 4.79 Å². The van der Waals surface area contributed by atoms with Crippen molar-refractivity contribution >= 4 is 17.3 Å². The summed E-state index contributed by atoms with van der Waals surface area (Å²) in [4.78, 5) is 10.3. The largest absolute Gasteiger partial charge is 0.596 e. The third kappa shape index (κ3) is 2.06. The summed E-state index contributed by atoms with van der Waals surface area (Å²) in [6.07, 6.45) is 0. The summed E-state index contributed by atoms with van der Waals surface area (Å²) in [5, 5.41) is 8.47. The number of hydrogen-bond acceptors (Lipinski definition) is 4. The first-order valence-electron chi connectivity index (χ1n) is 3.12. The minimum atomic E-state index is -1.39. The Bertz CT molecular complexity index is 165. The Morgan fingerprint density at radius 3 is 3.00 bits per heavy atom. The lowest BCUT2D eigenvalue weighted by molar-refractivity contribution is -0.141. The molecule has 1 aliphatic heterocycles. The SMILES string of the molecule is CC1OCC(C(=O)O)N[S+]1[O-]. The Kier molecular flexibility index (Phi) is 2.72. The first-order valence-corrected chi connectivity index (χ1v) is 4.33. The second-order valence-electron chi connectivity index (χ2n) is 2.21. The number of carbonyl (C=O) groups is 1. The Labute approximate surface area is 67.0 Å². The van der Waals surface area contributed by atoms with Crippen LogP contribution in [-0.2, 0) is 20.9 Å². The van der Waals surface area contributed by atoms with Crippen LogP contribution in [0.5, 0.6) is 0 Å². The van der Waals surface area contributed by atoms with Crippen LogP contribution in [-0.4, -0.2) is 33.7 Å². The van der Waals surface area contributed by atoms with Gasteiger partial charge in [0.15, 0.2) is 6.04 Å². The van der Waals surface area contributed by atoms with Gasteiger partial charge in [0, 0.05) is 6.92 Å². The zero-order valence-corrected chi connectivity index (χ0v) is 6.76. The van der Waals surface area contributed by atoms with Crippen molar-refractivity contribution in [2.24, 2.45) is 0 Å². The smallest absolute Gasteiger partial charge is 0.327 e. The zero-order valence-electron chi connectivity index (χ0n) is 5.94. The van der Waals surface area contributed by atoms with Crippen LogP contribution in [0.3, 0.4) is 0 Å². The van der Waals surface area contributed by atoms with Crippen molar-refractivity contribution < 1.29 is 19.2 Å². The maximum absolute atomic E-state index is 10.9. The molecule has 0 saturated carbocycles. The van der Waals surface area contributed by atoms with E-state index in [0.717, 1.165) is 0 Å². The van der Waals surface area contributed by atoms with Crippen molar-refractivity contribution in [1.29, 1.82) is 0 Å². The van der Waals surface area contributed by atoms with E-state index in [1.54, 1.807) is 6.92 Å². The first-order chi connectivity index (χ1) is 5.11. The summed E-state index contributed by atoms with van der Waals surface area (Å²) in [5.41, 5.74) is -0.425. The van der Waals surface area contributed by atoms with E-state index >= 15 is 0 Å². The average Bonchev–Trinajstić information content (AvgIpc) is 1.94. The molecular weight excluding hydrogens is 170 g/mol. The fourth-order valence-electron chi connectivity index (χ4n) is 0.685. The van der Waals surface area contributed by atoms with E-state index in [0.29, 0.717) is 0 Å². The molecule has 3 unspecified atom stereocenters. The maximum atomic E-state index is 10.9. The second-order valence-corrected chi connectivity index (χ2v) is 3.70. The van der Waals surface area contributed by atoms with E-state index in [9.17, 15) is 9.35 Å². The van der Waals surface area contributed by atoms with E-state index in [-0.39, 0.29) is 6.61 Å². The zero-order chi connectivity index (χ0) is 8.43. The van der Waals surface area contributed by atoms with Crippen LogP contribution >= 0.6 is 0 Å². The van der Waals surface area contributed by atoms with Crippen molar-refractivity contribution in [2.45, 2.75) is 18.4 Å². The second kappa shape index (κ2) is 3.40. The highest BCUT2D eigenvalue weighted by molar-refractivity contribution is 7.90. The molecule has 0 spiro atoms. The van der Waals surface area contributed by atoms with Crippen molar-refractivity contribution in [3.63, 3.8) is 0 Å².